The average molecular weight is 385 g/mol. The summed E-state index contributed by atoms with van der Waals surface area (Å²) in [4.78, 5) is 35.4. The molecule has 2 aromatic rings. The van der Waals surface area contributed by atoms with E-state index in [1.807, 2.05) is 5.38 Å². The van der Waals surface area contributed by atoms with E-state index < -0.39 is 0 Å². The number of amides is 2. The first-order valence-corrected chi connectivity index (χ1v) is 10.5. The maximum Gasteiger partial charge on any atom is 0.233 e. The summed E-state index contributed by atoms with van der Waals surface area (Å²) in [5.41, 5.74) is 2.12. The highest BCUT2D eigenvalue weighted by Gasteiger charge is 2.26. The van der Waals surface area contributed by atoms with Crippen LogP contribution in [0, 0.1) is 5.92 Å². The molecule has 0 spiro atoms. The topological polar surface area (TPSA) is 75.2 Å². The molecule has 2 aromatic heterocycles. The van der Waals surface area contributed by atoms with Gasteiger partial charge in [-0.15, -0.1) is 11.3 Å². The Kier molecular flexibility index (Phi) is 5.20. The number of nitrogens with one attached hydrogen (secondary N) is 1. The molecule has 1 saturated carbocycles. The predicted molar refractivity (Wildman–Crippen MR) is 106 cm³/mol. The van der Waals surface area contributed by atoms with E-state index in [4.69, 9.17) is 4.98 Å². The van der Waals surface area contributed by atoms with Crippen LogP contribution in [0.1, 0.15) is 55.6 Å². The molecule has 0 atom stereocenters. The van der Waals surface area contributed by atoms with Crippen LogP contribution >= 0.6 is 11.3 Å². The van der Waals surface area contributed by atoms with Gasteiger partial charge in [0.25, 0.3) is 0 Å². The Morgan fingerprint density at radius 3 is 2.96 bits per heavy atom. The summed E-state index contributed by atoms with van der Waals surface area (Å²) in [5.74, 6) is 1.23. The second-order valence-electron chi connectivity index (χ2n) is 7.55. The van der Waals surface area contributed by atoms with E-state index in [1.165, 1.54) is 30.7 Å². The van der Waals surface area contributed by atoms with E-state index in [0.29, 0.717) is 23.8 Å². The van der Waals surface area contributed by atoms with Crippen LogP contribution in [0.15, 0.2) is 23.8 Å². The summed E-state index contributed by atoms with van der Waals surface area (Å²) in [6.07, 6.45) is 8.70. The first kappa shape index (κ1) is 18.1. The number of rotatable bonds is 3. The molecule has 1 aliphatic heterocycles. The summed E-state index contributed by atoms with van der Waals surface area (Å²) in [6.45, 7) is 2.68. The number of hydrogen-bond donors (Lipinski definition) is 1. The number of thiazole rings is 1. The second kappa shape index (κ2) is 7.76. The van der Waals surface area contributed by atoms with Crippen LogP contribution in [0.2, 0.25) is 0 Å². The molecule has 2 aliphatic rings. The monoisotopic (exact) mass is 384 g/mol. The number of nitrogens with zero attached hydrogens (tertiary/aromatic N) is 3. The average Bonchev–Trinajstić information content (AvgIpc) is 3.04. The van der Waals surface area contributed by atoms with Gasteiger partial charge in [-0.2, -0.15) is 0 Å². The lowest BCUT2D eigenvalue weighted by Gasteiger charge is -2.24. The van der Waals surface area contributed by atoms with Crippen LogP contribution in [0.3, 0.4) is 0 Å². The zero-order chi connectivity index (χ0) is 18.8. The fraction of sp³-hybridized carbons (Fsp3) is 0.500. The molecular weight excluding hydrogens is 360 g/mol. The third-order valence-electron chi connectivity index (χ3n) is 5.50. The van der Waals surface area contributed by atoms with Crippen LogP contribution in [-0.4, -0.2) is 28.3 Å². The van der Waals surface area contributed by atoms with Crippen molar-refractivity contribution in [2.24, 2.45) is 5.92 Å². The number of aromatic nitrogens is 2. The normalized spacial score (nSPS) is 22.7. The lowest BCUT2D eigenvalue weighted by atomic mass is 9.83. The summed E-state index contributed by atoms with van der Waals surface area (Å²) in [6, 6.07) is 1.73. The second-order valence-corrected chi connectivity index (χ2v) is 8.44. The Balaban J connectivity index is 1.47. The van der Waals surface area contributed by atoms with Crippen LogP contribution in [-0.2, 0) is 16.0 Å². The van der Waals surface area contributed by atoms with Gasteiger partial charge < -0.3 is 10.2 Å². The van der Waals surface area contributed by atoms with Gasteiger partial charge in [0.1, 0.15) is 0 Å². The molecule has 1 fully saturated rings. The van der Waals surface area contributed by atoms with Gasteiger partial charge in [0.2, 0.25) is 11.8 Å². The van der Waals surface area contributed by atoms with Gasteiger partial charge >= 0.3 is 0 Å². The Hall–Kier alpha value is -2.28. The minimum atomic E-state index is -0.0831. The first-order chi connectivity index (χ1) is 13.1. The molecule has 0 saturated heterocycles. The minimum absolute atomic E-state index is 0.0464. The Bertz CT molecular complexity index is 842. The summed E-state index contributed by atoms with van der Waals surface area (Å²) in [5, 5.41) is 6.01. The molecule has 6 nitrogen and oxygen atoms in total. The van der Waals surface area contributed by atoms with Crippen LogP contribution in [0.25, 0.3) is 0 Å². The van der Waals surface area contributed by atoms with Gasteiger partial charge in [-0.05, 0) is 24.8 Å². The third kappa shape index (κ3) is 4.03. The molecule has 0 aromatic carbocycles. The van der Waals surface area contributed by atoms with E-state index in [1.54, 1.807) is 34.7 Å². The molecule has 0 radical (unpaired) electrons. The SMILES string of the molecule is CC1CCC(c2nc(CC(=O)N3CCC(=O)Nc4ccncc43)cs2)CC1. The maximum absolute atomic E-state index is 12.9. The summed E-state index contributed by atoms with van der Waals surface area (Å²) < 4.78 is 0. The van der Waals surface area contributed by atoms with Crippen molar-refractivity contribution in [3.8, 4) is 0 Å². The first-order valence-electron chi connectivity index (χ1n) is 9.58. The van der Waals surface area contributed by atoms with Crippen LogP contribution in [0.4, 0.5) is 11.4 Å². The van der Waals surface area contributed by atoms with E-state index >= 15 is 0 Å². The zero-order valence-electron chi connectivity index (χ0n) is 15.5. The molecule has 0 unspecified atom stereocenters. The van der Waals surface area contributed by atoms with Crippen molar-refractivity contribution in [3.63, 3.8) is 0 Å². The van der Waals surface area contributed by atoms with Gasteiger partial charge in [0.05, 0.1) is 34.7 Å². The van der Waals surface area contributed by atoms with Gasteiger partial charge in [-0.1, -0.05) is 19.8 Å². The fourth-order valence-electron chi connectivity index (χ4n) is 3.86. The van der Waals surface area contributed by atoms with Crippen molar-refractivity contribution in [1.29, 1.82) is 0 Å². The van der Waals surface area contributed by atoms with E-state index in [2.05, 4.69) is 17.2 Å². The molecule has 27 heavy (non-hydrogen) atoms. The Morgan fingerprint density at radius 1 is 1.33 bits per heavy atom. The largest absolute Gasteiger partial charge is 0.324 e. The lowest BCUT2D eigenvalue weighted by Crippen LogP contribution is -2.33. The minimum Gasteiger partial charge on any atom is -0.324 e. The van der Waals surface area contributed by atoms with Crippen LogP contribution < -0.4 is 10.2 Å². The fourth-order valence-corrected chi connectivity index (χ4v) is 4.85. The Labute approximate surface area is 163 Å². The Morgan fingerprint density at radius 2 is 2.15 bits per heavy atom. The molecule has 2 amide bonds. The maximum atomic E-state index is 12.9. The van der Waals surface area contributed by atoms with Crippen LogP contribution in [0.5, 0.6) is 0 Å². The van der Waals surface area contributed by atoms with E-state index in [9.17, 15) is 9.59 Å². The van der Waals surface area contributed by atoms with Gasteiger partial charge in [0, 0.05) is 30.5 Å². The van der Waals surface area contributed by atoms with Crippen molar-refractivity contribution in [2.75, 3.05) is 16.8 Å². The van der Waals surface area contributed by atoms with Gasteiger partial charge in [-0.25, -0.2) is 4.98 Å². The molecular formula is C20H24N4O2S. The molecule has 4 rings (SSSR count). The highest BCUT2D eigenvalue weighted by atomic mass is 32.1. The summed E-state index contributed by atoms with van der Waals surface area (Å²) in [7, 11) is 0. The quantitative estimate of drug-likeness (QED) is 0.874. The van der Waals surface area contributed by atoms with E-state index in [-0.39, 0.29) is 24.7 Å². The van der Waals surface area contributed by atoms with Crippen molar-refractivity contribution in [2.45, 2.75) is 51.4 Å². The number of pyridine rings is 1. The number of hydrogen-bond acceptors (Lipinski definition) is 5. The number of fused-ring (bicyclic) bond motifs is 1. The third-order valence-corrected chi connectivity index (χ3v) is 6.55. The molecule has 3 heterocycles. The molecule has 1 aliphatic carbocycles. The zero-order valence-corrected chi connectivity index (χ0v) is 16.3. The van der Waals surface area contributed by atoms with Crippen molar-refractivity contribution < 1.29 is 9.59 Å². The van der Waals surface area contributed by atoms with Gasteiger partial charge in [-0.3, -0.25) is 14.6 Å². The van der Waals surface area contributed by atoms with Crippen molar-refractivity contribution in [1.82, 2.24) is 9.97 Å². The standard InChI is InChI=1S/C20H24N4O2S/c1-13-2-4-14(5-3-13)20-22-15(12-27-20)10-19(26)24-9-7-18(25)23-16-6-8-21-11-17(16)24/h6,8,11-14H,2-5,7,9-10H2,1H3,(H,23,25). The van der Waals surface area contributed by atoms with E-state index in [0.717, 1.165) is 11.6 Å². The predicted octanol–water partition coefficient (Wildman–Crippen LogP) is 3.75. The number of carbonyl (C=O) groups excluding carboxylic acids is 2. The molecule has 1 N–H and O–H groups in total. The highest BCUT2D eigenvalue weighted by molar-refractivity contribution is 7.09. The molecule has 0 bridgehead atoms. The lowest BCUT2D eigenvalue weighted by molar-refractivity contribution is -0.118. The number of anilines is 2. The smallest absolute Gasteiger partial charge is 0.233 e. The van der Waals surface area contributed by atoms with Crippen molar-refractivity contribution >= 4 is 34.5 Å². The molecule has 7 heteroatoms. The van der Waals surface area contributed by atoms with Gasteiger partial charge in [0.15, 0.2) is 0 Å². The highest BCUT2D eigenvalue weighted by Crippen LogP contribution is 2.37. The molecule has 142 valence electrons. The van der Waals surface area contributed by atoms with Crippen molar-refractivity contribution in [3.05, 3.63) is 34.5 Å². The number of carbonyl (C=O) groups is 2. The summed E-state index contributed by atoms with van der Waals surface area (Å²) >= 11 is 1.68.